The van der Waals surface area contributed by atoms with E-state index in [0.717, 1.165) is 0 Å². The lowest BCUT2D eigenvalue weighted by atomic mass is 10.0. The van der Waals surface area contributed by atoms with Crippen LogP contribution in [0.5, 0.6) is 11.5 Å². The summed E-state index contributed by atoms with van der Waals surface area (Å²) in [7, 11) is 1.61. The van der Waals surface area contributed by atoms with Crippen LogP contribution in [0.25, 0.3) is 11.0 Å². The third kappa shape index (κ3) is 3.58. The molecule has 0 saturated heterocycles. The van der Waals surface area contributed by atoms with Gasteiger partial charge in [-0.05, 0) is 62.2 Å². The Morgan fingerprint density at radius 2 is 1.88 bits per heavy atom. The predicted octanol–water partition coefficient (Wildman–Crippen LogP) is 4.92. The lowest BCUT2D eigenvalue weighted by Gasteiger charge is -2.06. The average molecular weight is 470 g/mol. The van der Waals surface area contributed by atoms with E-state index in [1.807, 2.05) is 0 Å². The van der Waals surface area contributed by atoms with Crippen LogP contribution in [0.1, 0.15) is 15.9 Å². The number of aromatic hydroxyl groups is 1. The average Bonchev–Trinajstić information content (AvgIpc) is 3.04. The minimum Gasteiger partial charge on any atom is -0.507 e. The summed E-state index contributed by atoms with van der Waals surface area (Å²) < 4.78 is 16.9. The number of rotatable bonds is 6. The molecule has 0 aliphatic carbocycles. The lowest BCUT2D eigenvalue weighted by Crippen LogP contribution is -2.05. The number of phenols is 1. The maximum Gasteiger partial charge on any atom is 0.196 e. The van der Waals surface area contributed by atoms with Crippen LogP contribution in [0, 0.1) is 0 Å². The maximum absolute atomic E-state index is 12.8. The number of carbonyl (C=O) groups is 1. The van der Waals surface area contributed by atoms with Crippen molar-refractivity contribution < 1.29 is 23.8 Å². The summed E-state index contributed by atoms with van der Waals surface area (Å²) in [6, 6.07) is 8.35. The molecule has 0 aliphatic heterocycles. The molecular weight excluding hydrogens is 456 g/mol. The number of phenolic OH excluding ortho intramolecular Hbond substituents is 1. The van der Waals surface area contributed by atoms with Gasteiger partial charge >= 0.3 is 0 Å². The zero-order valence-electron chi connectivity index (χ0n) is 13.2. The van der Waals surface area contributed by atoms with Crippen molar-refractivity contribution in [3.8, 4) is 11.5 Å². The largest absolute Gasteiger partial charge is 0.507 e. The molecule has 3 rings (SSSR count). The molecule has 2 aromatic carbocycles. The van der Waals surface area contributed by atoms with Crippen LogP contribution in [-0.4, -0.2) is 31.2 Å². The van der Waals surface area contributed by atoms with Crippen LogP contribution in [0.2, 0.25) is 0 Å². The maximum atomic E-state index is 12.8. The standard InChI is InChI=1S/C18H14Br2O5/c1-23-6-7-24-11-4-2-10(3-5-11)17(22)13-9-25-18-12(13)8-14(21)15(19)16(18)20/h2-5,8-9,21H,6-7H2,1H3. The first-order valence-electron chi connectivity index (χ1n) is 7.37. The minimum absolute atomic E-state index is 0.0247. The zero-order chi connectivity index (χ0) is 18.0. The minimum atomic E-state index is -0.198. The molecule has 0 amide bonds. The highest BCUT2D eigenvalue weighted by molar-refractivity contribution is 9.13. The molecule has 7 heteroatoms. The van der Waals surface area contributed by atoms with Gasteiger partial charge in [-0.2, -0.15) is 0 Å². The molecule has 0 spiro atoms. The molecule has 0 unspecified atom stereocenters. The topological polar surface area (TPSA) is 68.9 Å². The fourth-order valence-corrected chi connectivity index (χ4v) is 3.17. The molecule has 130 valence electrons. The van der Waals surface area contributed by atoms with Gasteiger partial charge in [0.25, 0.3) is 0 Å². The Hall–Kier alpha value is -1.83. The number of fused-ring (bicyclic) bond motifs is 1. The van der Waals surface area contributed by atoms with E-state index in [9.17, 15) is 9.90 Å². The Labute approximate surface area is 160 Å². The number of hydrogen-bond acceptors (Lipinski definition) is 5. The highest BCUT2D eigenvalue weighted by atomic mass is 79.9. The summed E-state index contributed by atoms with van der Waals surface area (Å²) in [5.41, 5.74) is 1.37. The first kappa shape index (κ1) is 18.0. The van der Waals surface area contributed by atoms with Gasteiger partial charge in [0.15, 0.2) is 5.78 Å². The van der Waals surface area contributed by atoms with Gasteiger partial charge in [-0.3, -0.25) is 4.79 Å². The first-order chi connectivity index (χ1) is 12.0. The van der Waals surface area contributed by atoms with Gasteiger partial charge in [0, 0.05) is 18.1 Å². The van der Waals surface area contributed by atoms with Crippen molar-refractivity contribution >= 4 is 48.6 Å². The first-order valence-corrected chi connectivity index (χ1v) is 8.96. The number of hydrogen-bond donors (Lipinski definition) is 1. The summed E-state index contributed by atoms with van der Waals surface area (Å²) in [5.74, 6) is 0.488. The molecule has 1 aromatic heterocycles. The van der Waals surface area contributed by atoms with E-state index in [1.165, 1.54) is 12.3 Å². The van der Waals surface area contributed by atoms with Gasteiger partial charge in [0.2, 0.25) is 0 Å². The molecule has 0 saturated carbocycles. The predicted molar refractivity (Wildman–Crippen MR) is 101 cm³/mol. The van der Waals surface area contributed by atoms with Gasteiger partial charge in [-0.15, -0.1) is 0 Å². The van der Waals surface area contributed by atoms with E-state index in [2.05, 4.69) is 31.9 Å². The molecule has 1 heterocycles. The molecule has 25 heavy (non-hydrogen) atoms. The molecule has 0 fully saturated rings. The van der Waals surface area contributed by atoms with Crippen molar-refractivity contribution in [2.24, 2.45) is 0 Å². The lowest BCUT2D eigenvalue weighted by molar-refractivity contribution is 0.103. The van der Waals surface area contributed by atoms with E-state index >= 15 is 0 Å². The Morgan fingerprint density at radius 3 is 2.56 bits per heavy atom. The van der Waals surface area contributed by atoms with Crippen LogP contribution in [0.15, 0.2) is 50.0 Å². The smallest absolute Gasteiger partial charge is 0.196 e. The van der Waals surface area contributed by atoms with E-state index in [1.54, 1.807) is 31.4 Å². The number of ketones is 1. The van der Waals surface area contributed by atoms with Crippen molar-refractivity contribution in [3.63, 3.8) is 0 Å². The summed E-state index contributed by atoms with van der Waals surface area (Å²) in [6.07, 6.45) is 1.40. The van der Waals surface area contributed by atoms with Gasteiger partial charge in [0.05, 0.1) is 21.1 Å². The van der Waals surface area contributed by atoms with Gasteiger partial charge < -0.3 is 19.0 Å². The van der Waals surface area contributed by atoms with Crippen LogP contribution in [0.3, 0.4) is 0 Å². The van der Waals surface area contributed by atoms with Crippen molar-refractivity contribution in [1.29, 1.82) is 0 Å². The van der Waals surface area contributed by atoms with Gasteiger partial charge in [-0.25, -0.2) is 0 Å². The van der Waals surface area contributed by atoms with Crippen LogP contribution < -0.4 is 4.74 Å². The highest BCUT2D eigenvalue weighted by Crippen LogP contribution is 2.40. The van der Waals surface area contributed by atoms with Gasteiger partial charge in [-0.1, -0.05) is 0 Å². The molecular formula is C18H14Br2O5. The van der Waals surface area contributed by atoms with E-state index in [-0.39, 0.29) is 11.5 Å². The van der Waals surface area contributed by atoms with E-state index < -0.39 is 0 Å². The second-order valence-corrected chi connectivity index (χ2v) is 6.83. The SMILES string of the molecule is COCCOc1ccc(C(=O)c2coc3c(Br)c(Br)c(O)cc23)cc1. The Kier molecular flexibility index (Phi) is 5.46. The molecule has 1 N–H and O–H groups in total. The molecule has 3 aromatic rings. The third-order valence-electron chi connectivity index (χ3n) is 3.64. The quantitative estimate of drug-likeness (QED) is 0.410. The number of carbonyl (C=O) groups excluding carboxylic acids is 1. The normalized spacial score (nSPS) is 11.0. The summed E-state index contributed by atoms with van der Waals surface area (Å²) in [5, 5.41) is 10.5. The Balaban J connectivity index is 1.90. The van der Waals surface area contributed by atoms with Crippen LogP contribution in [0.4, 0.5) is 0 Å². The summed E-state index contributed by atoms with van der Waals surface area (Å²) in [6.45, 7) is 0.938. The van der Waals surface area contributed by atoms with Crippen molar-refractivity contribution in [2.75, 3.05) is 20.3 Å². The van der Waals surface area contributed by atoms with Crippen LogP contribution >= 0.6 is 31.9 Å². The monoisotopic (exact) mass is 468 g/mol. The number of furan rings is 1. The molecule has 0 aliphatic rings. The molecule has 0 atom stereocenters. The summed E-state index contributed by atoms with van der Waals surface area (Å²) >= 11 is 6.61. The van der Waals surface area contributed by atoms with Crippen LogP contribution in [-0.2, 0) is 4.74 Å². The fraction of sp³-hybridized carbons (Fsp3) is 0.167. The zero-order valence-corrected chi connectivity index (χ0v) is 16.4. The Morgan fingerprint density at radius 1 is 1.16 bits per heavy atom. The molecule has 5 nitrogen and oxygen atoms in total. The number of ether oxygens (including phenoxy) is 2. The van der Waals surface area contributed by atoms with Crippen molar-refractivity contribution in [3.05, 3.63) is 56.7 Å². The van der Waals surface area contributed by atoms with E-state index in [0.29, 0.717) is 50.0 Å². The second kappa shape index (κ2) is 7.59. The number of halogens is 2. The molecule has 0 bridgehead atoms. The Bertz CT molecular complexity index is 915. The van der Waals surface area contributed by atoms with E-state index in [4.69, 9.17) is 13.9 Å². The van der Waals surface area contributed by atoms with Crippen molar-refractivity contribution in [2.45, 2.75) is 0 Å². The summed E-state index contributed by atoms with van der Waals surface area (Å²) in [4.78, 5) is 12.8. The third-order valence-corrected chi connectivity index (χ3v) is 5.74. The number of methoxy groups -OCH3 is 1. The van der Waals surface area contributed by atoms with Gasteiger partial charge in [0.1, 0.15) is 30.0 Å². The molecule has 0 radical (unpaired) electrons. The second-order valence-electron chi connectivity index (χ2n) is 5.24. The van der Waals surface area contributed by atoms with Crippen molar-refractivity contribution in [1.82, 2.24) is 0 Å². The highest BCUT2D eigenvalue weighted by Gasteiger charge is 2.20. The fourth-order valence-electron chi connectivity index (χ4n) is 2.37. The number of benzene rings is 2.